The Hall–Kier alpha value is -1.41. The van der Waals surface area contributed by atoms with Gasteiger partial charge in [0.25, 0.3) is 0 Å². The van der Waals surface area contributed by atoms with Crippen molar-refractivity contribution in [3.8, 4) is 5.88 Å². The molecule has 0 saturated heterocycles. The zero-order valence-corrected chi connectivity index (χ0v) is 11.8. The van der Waals surface area contributed by atoms with Crippen molar-refractivity contribution in [3.05, 3.63) is 15.5 Å². The van der Waals surface area contributed by atoms with Crippen LogP contribution in [0.4, 0.5) is 4.79 Å². The number of ether oxygens (including phenoxy) is 1. The number of nitrogens with one attached hydrogen (secondary N) is 1. The van der Waals surface area contributed by atoms with Gasteiger partial charge < -0.3 is 15.2 Å². The van der Waals surface area contributed by atoms with Crippen LogP contribution in [0.3, 0.4) is 0 Å². The molecule has 0 saturated carbocycles. The van der Waals surface area contributed by atoms with Crippen LogP contribution in [0.15, 0.2) is 9.98 Å². The van der Waals surface area contributed by atoms with Crippen LogP contribution in [0.25, 0.3) is 10.3 Å². The number of nitrogens with zero attached hydrogens (tertiary/aromatic N) is 2. The third-order valence-electron chi connectivity index (χ3n) is 2.14. The van der Waals surface area contributed by atoms with Crippen LogP contribution in [0.1, 0.15) is 5.56 Å². The average molecular weight is 332 g/mol. The Morgan fingerprint density at radius 1 is 1.61 bits per heavy atom. The third kappa shape index (κ3) is 3.08. The number of fused-ring (bicyclic) bond motifs is 1. The number of pyridine rings is 1. The Morgan fingerprint density at radius 2 is 2.39 bits per heavy atom. The maximum absolute atomic E-state index is 10.2. The molecule has 1 amide bonds. The first-order valence-electron chi connectivity index (χ1n) is 5.09. The largest absolute Gasteiger partial charge is 0.476 e. The van der Waals surface area contributed by atoms with E-state index in [0.29, 0.717) is 5.88 Å². The number of halogens is 1. The van der Waals surface area contributed by atoms with Crippen LogP contribution in [-0.4, -0.2) is 34.3 Å². The molecule has 0 bridgehead atoms. The number of hydrogen-bond acceptors (Lipinski definition) is 5. The highest BCUT2D eigenvalue weighted by Gasteiger charge is 2.08. The van der Waals surface area contributed by atoms with Crippen molar-refractivity contribution in [2.75, 3.05) is 13.2 Å². The minimum Gasteiger partial charge on any atom is -0.476 e. The number of rotatable bonds is 4. The molecule has 0 aliphatic carbocycles. The zero-order chi connectivity index (χ0) is 13.1. The van der Waals surface area contributed by atoms with Gasteiger partial charge in [0, 0.05) is 6.07 Å². The molecule has 2 heterocycles. The fraction of sp³-hybridized carbons (Fsp3) is 0.300. The molecule has 6 nitrogen and oxygen atoms in total. The second-order valence-electron chi connectivity index (χ2n) is 3.48. The van der Waals surface area contributed by atoms with Gasteiger partial charge in [-0.25, -0.2) is 14.8 Å². The van der Waals surface area contributed by atoms with Gasteiger partial charge in [0.1, 0.15) is 17.0 Å². The van der Waals surface area contributed by atoms with Crippen molar-refractivity contribution in [2.45, 2.75) is 6.92 Å². The Labute approximate surface area is 115 Å². The Bertz CT molecular complexity index is 587. The second kappa shape index (κ2) is 5.49. The maximum Gasteiger partial charge on any atom is 0.404 e. The average Bonchev–Trinajstić information content (AvgIpc) is 2.65. The van der Waals surface area contributed by atoms with E-state index in [1.165, 1.54) is 11.3 Å². The van der Waals surface area contributed by atoms with Crippen LogP contribution in [-0.2, 0) is 0 Å². The Kier molecular flexibility index (Phi) is 3.97. The highest BCUT2D eigenvalue weighted by Crippen LogP contribution is 2.28. The van der Waals surface area contributed by atoms with E-state index < -0.39 is 6.09 Å². The molecule has 96 valence electrons. The van der Waals surface area contributed by atoms with E-state index in [1.54, 1.807) is 6.07 Å². The molecule has 0 fully saturated rings. The van der Waals surface area contributed by atoms with Gasteiger partial charge >= 0.3 is 6.09 Å². The molecule has 0 spiro atoms. The lowest BCUT2D eigenvalue weighted by molar-refractivity contribution is 0.191. The molecule has 2 aromatic rings. The summed E-state index contributed by atoms with van der Waals surface area (Å²) in [6.45, 7) is 2.39. The molecule has 0 atom stereocenters. The van der Waals surface area contributed by atoms with Crippen molar-refractivity contribution in [1.82, 2.24) is 15.3 Å². The molecule has 0 radical (unpaired) electrons. The van der Waals surface area contributed by atoms with Gasteiger partial charge in [0.05, 0.1) is 6.54 Å². The Morgan fingerprint density at radius 3 is 3.11 bits per heavy atom. The summed E-state index contributed by atoms with van der Waals surface area (Å²) >= 11 is 4.74. The number of amides is 1. The van der Waals surface area contributed by atoms with Crippen molar-refractivity contribution in [3.63, 3.8) is 0 Å². The molecule has 0 aliphatic heterocycles. The summed E-state index contributed by atoms with van der Waals surface area (Å²) in [5.41, 5.74) is 1.83. The van der Waals surface area contributed by atoms with Gasteiger partial charge in [-0.1, -0.05) is 11.3 Å². The number of hydrogen-bond donors (Lipinski definition) is 2. The molecule has 2 N–H and O–H groups in total. The Balaban J connectivity index is 2.07. The van der Waals surface area contributed by atoms with Gasteiger partial charge in [0.2, 0.25) is 5.88 Å². The monoisotopic (exact) mass is 331 g/mol. The van der Waals surface area contributed by atoms with Crippen LogP contribution in [0.5, 0.6) is 5.88 Å². The van der Waals surface area contributed by atoms with E-state index in [2.05, 4.69) is 31.2 Å². The molecular weight excluding hydrogens is 322 g/mol. The number of thiazole rings is 1. The van der Waals surface area contributed by atoms with E-state index >= 15 is 0 Å². The molecule has 0 aromatic carbocycles. The van der Waals surface area contributed by atoms with E-state index in [4.69, 9.17) is 9.84 Å². The fourth-order valence-electron chi connectivity index (χ4n) is 1.39. The highest BCUT2D eigenvalue weighted by atomic mass is 79.9. The minimum absolute atomic E-state index is 0.223. The number of carbonyl (C=O) groups is 1. The van der Waals surface area contributed by atoms with E-state index in [1.807, 2.05) is 6.92 Å². The minimum atomic E-state index is -1.07. The molecule has 8 heteroatoms. The van der Waals surface area contributed by atoms with Crippen LogP contribution >= 0.6 is 27.3 Å². The molecule has 0 aliphatic rings. The standard InChI is InChI=1S/C10H10BrN3O3S/c1-5-4-6(17-3-2-12-10(15)16)13-8-7(5)14-9(11)18-8/h4,12H,2-3H2,1H3,(H,15,16). The summed E-state index contributed by atoms with van der Waals surface area (Å²) < 4.78 is 6.16. The van der Waals surface area contributed by atoms with E-state index in [0.717, 1.165) is 19.8 Å². The van der Waals surface area contributed by atoms with Gasteiger partial charge in [-0.05, 0) is 28.4 Å². The van der Waals surface area contributed by atoms with Crippen molar-refractivity contribution in [2.24, 2.45) is 0 Å². The fourth-order valence-corrected chi connectivity index (χ4v) is 2.77. The van der Waals surface area contributed by atoms with Crippen molar-refractivity contribution < 1.29 is 14.6 Å². The summed E-state index contributed by atoms with van der Waals surface area (Å²) in [5.74, 6) is 0.475. The SMILES string of the molecule is Cc1cc(OCCNC(=O)O)nc2sc(Br)nc12. The van der Waals surface area contributed by atoms with E-state index in [9.17, 15) is 4.79 Å². The first-order chi connectivity index (χ1) is 8.56. The summed E-state index contributed by atoms with van der Waals surface area (Å²) in [4.78, 5) is 19.6. The van der Waals surface area contributed by atoms with Crippen LogP contribution < -0.4 is 10.1 Å². The third-order valence-corrected chi connectivity index (χ3v) is 3.54. The molecule has 0 unspecified atom stereocenters. The predicted octanol–water partition coefficient (Wildman–Crippen LogP) is 2.41. The molecular formula is C10H10BrN3O3S. The quantitative estimate of drug-likeness (QED) is 0.840. The lowest BCUT2D eigenvalue weighted by Crippen LogP contribution is -2.26. The first-order valence-corrected chi connectivity index (χ1v) is 6.70. The second-order valence-corrected chi connectivity index (χ2v) is 5.73. The van der Waals surface area contributed by atoms with Gasteiger partial charge in [-0.15, -0.1) is 0 Å². The molecule has 2 rings (SSSR count). The number of aromatic nitrogens is 2. The lowest BCUT2D eigenvalue weighted by atomic mass is 10.3. The van der Waals surface area contributed by atoms with Gasteiger partial charge in [-0.3, -0.25) is 0 Å². The summed E-state index contributed by atoms with van der Waals surface area (Å²) in [6.07, 6.45) is -1.07. The maximum atomic E-state index is 10.2. The van der Waals surface area contributed by atoms with E-state index in [-0.39, 0.29) is 13.2 Å². The van der Waals surface area contributed by atoms with Crippen LogP contribution in [0.2, 0.25) is 0 Å². The molecule has 2 aromatic heterocycles. The van der Waals surface area contributed by atoms with Gasteiger partial charge in [-0.2, -0.15) is 0 Å². The van der Waals surface area contributed by atoms with Gasteiger partial charge in [0.15, 0.2) is 3.92 Å². The van der Waals surface area contributed by atoms with Crippen molar-refractivity contribution in [1.29, 1.82) is 0 Å². The summed E-state index contributed by atoms with van der Waals surface area (Å²) in [5, 5.41) is 10.6. The first kappa shape index (κ1) is 13.0. The normalized spacial score (nSPS) is 10.6. The molecule has 18 heavy (non-hydrogen) atoms. The zero-order valence-electron chi connectivity index (χ0n) is 9.44. The predicted molar refractivity (Wildman–Crippen MR) is 71.4 cm³/mol. The smallest absolute Gasteiger partial charge is 0.404 e. The number of carboxylic acid groups (broad SMARTS) is 1. The topological polar surface area (TPSA) is 84.3 Å². The summed E-state index contributed by atoms with van der Waals surface area (Å²) in [6, 6.07) is 1.79. The number of aryl methyl sites for hydroxylation is 1. The van der Waals surface area contributed by atoms with Crippen molar-refractivity contribution >= 4 is 43.7 Å². The van der Waals surface area contributed by atoms with Crippen LogP contribution in [0, 0.1) is 6.92 Å². The highest BCUT2D eigenvalue weighted by molar-refractivity contribution is 9.11. The summed E-state index contributed by atoms with van der Waals surface area (Å²) in [7, 11) is 0. The lowest BCUT2D eigenvalue weighted by Gasteiger charge is -2.05.